The number of likely N-dealkylation sites (tertiary alicyclic amines) is 1. The highest BCUT2D eigenvalue weighted by Gasteiger charge is 2.26. The number of rotatable bonds is 0. The highest BCUT2D eigenvalue weighted by Crippen LogP contribution is 2.17. The Balaban J connectivity index is 2.47. The highest BCUT2D eigenvalue weighted by molar-refractivity contribution is 4.93. The van der Waals surface area contributed by atoms with Gasteiger partial charge in [-0.3, -0.25) is 0 Å². The van der Waals surface area contributed by atoms with Gasteiger partial charge in [0.15, 0.2) is 0 Å². The zero-order chi connectivity index (χ0) is 7.56. The second kappa shape index (κ2) is 2.98. The molecule has 2 atom stereocenters. The summed E-state index contributed by atoms with van der Waals surface area (Å²) >= 11 is 0. The zero-order valence-corrected chi connectivity index (χ0v) is 6.05. The number of nitrogens with zero attached hydrogens (tertiary/aromatic N) is 2. The van der Waals surface area contributed by atoms with Gasteiger partial charge in [-0.1, -0.05) is 0 Å². The maximum Gasteiger partial charge on any atom is 0.118 e. The monoisotopic (exact) mass is 142 g/mol. The van der Waals surface area contributed by atoms with Crippen LogP contribution in [0.4, 0.5) is 4.39 Å². The lowest BCUT2D eigenvalue weighted by atomic mass is 9.98. The molecule has 0 aromatic rings. The molecule has 1 saturated heterocycles. The Labute approximate surface area is 60.2 Å². The number of halogens is 1. The molecule has 0 aromatic heterocycles. The average Bonchev–Trinajstić information content (AvgIpc) is 1.94. The largest absolute Gasteiger partial charge is 0.305 e. The molecule has 0 unspecified atom stereocenters. The summed E-state index contributed by atoms with van der Waals surface area (Å²) < 4.78 is 12.8. The zero-order valence-electron chi connectivity index (χ0n) is 6.05. The summed E-state index contributed by atoms with van der Waals surface area (Å²) in [6.45, 7) is 1.36. The maximum atomic E-state index is 12.8. The van der Waals surface area contributed by atoms with E-state index in [0.29, 0.717) is 13.0 Å². The van der Waals surface area contributed by atoms with Crippen LogP contribution in [-0.4, -0.2) is 31.2 Å². The molecule has 0 amide bonds. The maximum absolute atomic E-state index is 12.8. The molecule has 10 heavy (non-hydrogen) atoms. The number of alkyl halides is 1. The van der Waals surface area contributed by atoms with E-state index >= 15 is 0 Å². The molecule has 1 heterocycles. The van der Waals surface area contributed by atoms with E-state index < -0.39 is 12.1 Å². The Morgan fingerprint density at radius 1 is 1.70 bits per heavy atom. The molecule has 0 bridgehead atoms. The first-order valence-corrected chi connectivity index (χ1v) is 3.46. The van der Waals surface area contributed by atoms with Gasteiger partial charge in [0.1, 0.15) is 6.17 Å². The third-order valence-electron chi connectivity index (χ3n) is 1.90. The number of piperidine rings is 1. The summed E-state index contributed by atoms with van der Waals surface area (Å²) in [4.78, 5) is 1.99. The van der Waals surface area contributed by atoms with Gasteiger partial charge in [0.25, 0.3) is 0 Å². The van der Waals surface area contributed by atoms with Crippen molar-refractivity contribution in [2.75, 3.05) is 20.1 Å². The van der Waals surface area contributed by atoms with Gasteiger partial charge >= 0.3 is 0 Å². The molecule has 1 aliphatic rings. The van der Waals surface area contributed by atoms with E-state index in [4.69, 9.17) is 5.26 Å². The minimum absolute atomic E-state index is 0.404. The number of hydrogen-bond acceptors (Lipinski definition) is 2. The fraction of sp³-hybridized carbons (Fsp3) is 0.857. The van der Waals surface area contributed by atoms with Gasteiger partial charge in [0, 0.05) is 13.1 Å². The van der Waals surface area contributed by atoms with Crippen molar-refractivity contribution in [2.24, 2.45) is 5.92 Å². The molecule has 0 aromatic carbocycles. The second-order valence-corrected chi connectivity index (χ2v) is 2.80. The first kappa shape index (κ1) is 7.49. The molecule has 3 heteroatoms. The van der Waals surface area contributed by atoms with E-state index in [1.54, 1.807) is 0 Å². The van der Waals surface area contributed by atoms with Crippen molar-refractivity contribution in [1.82, 2.24) is 4.90 Å². The van der Waals surface area contributed by atoms with Gasteiger partial charge in [-0.25, -0.2) is 4.39 Å². The lowest BCUT2D eigenvalue weighted by Gasteiger charge is -2.28. The third kappa shape index (κ3) is 1.45. The molecular formula is C7H11FN2. The fourth-order valence-electron chi connectivity index (χ4n) is 1.21. The minimum atomic E-state index is -0.902. The molecule has 1 fully saturated rings. The highest BCUT2D eigenvalue weighted by atomic mass is 19.1. The van der Waals surface area contributed by atoms with E-state index in [1.165, 1.54) is 0 Å². The van der Waals surface area contributed by atoms with Gasteiger partial charge in [-0.15, -0.1) is 0 Å². The van der Waals surface area contributed by atoms with E-state index in [1.807, 2.05) is 18.0 Å². The Morgan fingerprint density at radius 2 is 2.40 bits per heavy atom. The first-order chi connectivity index (χ1) is 4.74. The van der Waals surface area contributed by atoms with Gasteiger partial charge < -0.3 is 4.90 Å². The Bertz CT molecular complexity index is 152. The molecule has 2 nitrogen and oxygen atoms in total. The molecule has 1 aliphatic heterocycles. The average molecular weight is 142 g/mol. The fourth-order valence-corrected chi connectivity index (χ4v) is 1.21. The van der Waals surface area contributed by atoms with Crippen molar-refractivity contribution in [3.63, 3.8) is 0 Å². The van der Waals surface area contributed by atoms with Crippen molar-refractivity contribution in [2.45, 2.75) is 12.6 Å². The molecule has 0 saturated carbocycles. The van der Waals surface area contributed by atoms with Crippen LogP contribution in [0.15, 0.2) is 0 Å². The van der Waals surface area contributed by atoms with E-state index in [9.17, 15) is 4.39 Å². The molecule has 1 rings (SSSR count). The summed E-state index contributed by atoms with van der Waals surface area (Å²) in [5.74, 6) is -0.404. The lowest BCUT2D eigenvalue weighted by molar-refractivity contribution is 0.135. The second-order valence-electron chi connectivity index (χ2n) is 2.80. The Hall–Kier alpha value is -0.620. The van der Waals surface area contributed by atoms with Crippen molar-refractivity contribution in [3.05, 3.63) is 0 Å². The summed E-state index contributed by atoms with van der Waals surface area (Å²) in [6, 6.07) is 1.97. The van der Waals surface area contributed by atoms with Crippen LogP contribution in [0.3, 0.4) is 0 Å². The molecule has 0 N–H and O–H groups in total. The number of hydrogen-bond donors (Lipinski definition) is 0. The smallest absolute Gasteiger partial charge is 0.118 e. The molecule has 56 valence electrons. The van der Waals surface area contributed by atoms with Crippen LogP contribution in [0.25, 0.3) is 0 Å². The van der Waals surface area contributed by atoms with Crippen LogP contribution in [0.5, 0.6) is 0 Å². The molecule has 0 spiro atoms. The Kier molecular flexibility index (Phi) is 2.23. The Morgan fingerprint density at radius 3 is 2.90 bits per heavy atom. The molecule has 0 radical (unpaired) electrons. The van der Waals surface area contributed by atoms with Crippen molar-refractivity contribution in [3.8, 4) is 6.07 Å². The normalized spacial score (nSPS) is 35.3. The minimum Gasteiger partial charge on any atom is -0.305 e. The summed E-state index contributed by atoms with van der Waals surface area (Å²) in [5, 5.41) is 8.46. The van der Waals surface area contributed by atoms with E-state index in [0.717, 1.165) is 6.54 Å². The van der Waals surface area contributed by atoms with Crippen LogP contribution in [0.2, 0.25) is 0 Å². The SMILES string of the molecule is CN1CC[C@@H](F)[C@H](C#N)C1. The standard InChI is InChI=1S/C7H11FN2/c1-10-3-2-7(8)6(4-9)5-10/h6-7H,2-3,5H2,1H3/t6-,7-/m1/s1. The lowest BCUT2D eigenvalue weighted by Crippen LogP contribution is -2.38. The quantitative estimate of drug-likeness (QED) is 0.500. The topological polar surface area (TPSA) is 27.0 Å². The first-order valence-electron chi connectivity index (χ1n) is 3.46. The third-order valence-corrected chi connectivity index (χ3v) is 1.90. The van der Waals surface area contributed by atoms with Crippen molar-refractivity contribution in [1.29, 1.82) is 5.26 Å². The van der Waals surface area contributed by atoms with Crippen LogP contribution >= 0.6 is 0 Å². The van der Waals surface area contributed by atoms with E-state index in [2.05, 4.69) is 0 Å². The van der Waals surface area contributed by atoms with Crippen molar-refractivity contribution < 1.29 is 4.39 Å². The van der Waals surface area contributed by atoms with Crippen LogP contribution < -0.4 is 0 Å². The van der Waals surface area contributed by atoms with Gasteiger partial charge in [0.05, 0.1) is 12.0 Å². The van der Waals surface area contributed by atoms with Gasteiger partial charge in [0.2, 0.25) is 0 Å². The summed E-state index contributed by atoms with van der Waals surface area (Å²) in [6.07, 6.45) is -0.393. The summed E-state index contributed by atoms with van der Waals surface area (Å²) in [5.41, 5.74) is 0. The summed E-state index contributed by atoms with van der Waals surface area (Å²) in [7, 11) is 1.91. The number of nitriles is 1. The van der Waals surface area contributed by atoms with Crippen LogP contribution in [0.1, 0.15) is 6.42 Å². The van der Waals surface area contributed by atoms with Crippen molar-refractivity contribution >= 4 is 0 Å². The van der Waals surface area contributed by atoms with Gasteiger partial charge in [-0.2, -0.15) is 5.26 Å². The van der Waals surface area contributed by atoms with Gasteiger partial charge in [-0.05, 0) is 13.5 Å². The molecule has 0 aliphatic carbocycles. The predicted octanol–water partition coefficient (Wildman–Crippen LogP) is 0.800. The van der Waals surface area contributed by atoms with Crippen LogP contribution in [0, 0.1) is 17.2 Å². The van der Waals surface area contributed by atoms with E-state index in [-0.39, 0.29) is 0 Å². The van der Waals surface area contributed by atoms with Crippen LogP contribution in [-0.2, 0) is 0 Å². The predicted molar refractivity (Wildman–Crippen MR) is 36.1 cm³/mol. The molecular weight excluding hydrogens is 131 g/mol.